The first-order valence-electron chi connectivity index (χ1n) is 10.0. The van der Waals surface area contributed by atoms with Crippen LogP contribution in [-0.4, -0.2) is 46.0 Å². The van der Waals surface area contributed by atoms with Gasteiger partial charge in [0.1, 0.15) is 11.4 Å². The quantitative estimate of drug-likeness (QED) is 0.398. The number of H-pyrrole nitrogens is 1. The number of aromatic nitrogens is 2. The summed E-state index contributed by atoms with van der Waals surface area (Å²) in [5.74, 6) is -1.14. The van der Waals surface area contributed by atoms with Crippen LogP contribution in [0.2, 0.25) is 0 Å². The monoisotopic (exact) mass is 461 g/mol. The lowest BCUT2D eigenvalue weighted by Gasteiger charge is -2.12. The summed E-state index contributed by atoms with van der Waals surface area (Å²) in [6, 6.07) is 17.4. The van der Waals surface area contributed by atoms with Crippen LogP contribution in [0.15, 0.2) is 71.6 Å². The number of nitrogens with one attached hydrogen (secondary N) is 4. The Morgan fingerprint density at radius 3 is 2.21 bits per heavy atom. The van der Waals surface area contributed by atoms with E-state index >= 15 is 0 Å². The molecule has 0 unspecified atom stereocenters. The number of allylic oxidation sites excluding steroid dienone is 2. The Balaban J connectivity index is 1.36. The Morgan fingerprint density at radius 2 is 1.55 bits per heavy atom. The summed E-state index contributed by atoms with van der Waals surface area (Å²) in [5, 5.41) is 14.4. The third kappa shape index (κ3) is 5.18. The smallest absolute Gasteiger partial charge is 0.319 e. The van der Waals surface area contributed by atoms with E-state index < -0.39 is 17.5 Å². The molecule has 0 fully saturated rings. The number of nitrogens with zero attached hydrogens (tertiary/aromatic N) is 1. The van der Waals surface area contributed by atoms with Crippen LogP contribution in [-0.2, 0) is 0 Å². The zero-order valence-corrected chi connectivity index (χ0v) is 18.1. The lowest BCUT2D eigenvalue weighted by molar-refractivity contribution is 0.0979. The number of urea groups is 1. The summed E-state index contributed by atoms with van der Waals surface area (Å²) in [7, 11) is 0. The average molecular weight is 462 g/mol. The maximum absolute atomic E-state index is 13.0. The lowest BCUT2D eigenvalue weighted by atomic mass is 9.99. The predicted octanol–water partition coefficient (Wildman–Crippen LogP) is 3.48. The minimum absolute atomic E-state index is 0.0480. The maximum Gasteiger partial charge on any atom is 0.319 e. The van der Waals surface area contributed by atoms with Crippen LogP contribution in [0.1, 0.15) is 31.3 Å². The number of rotatable bonds is 7. The lowest BCUT2D eigenvalue weighted by Crippen LogP contribution is -2.30. The number of hydrogen-bond acceptors (Lipinski definition) is 6. The van der Waals surface area contributed by atoms with Gasteiger partial charge in [0, 0.05) is 29.7 Å². The number of benzene rings is 2. The molecule has 0 spiro atoms. The number of para-hydroxylation sites is 2. The van der Waals surface area contributed by atoms with Gasteiger partial charge < -0.3 is 16.0 Å². The van der Waals surface area contributed by atoms with Crippen molar-refractivity contribution >= 4 is 46.6 Å². The Kier molecular flexibility index (Phi) is 6.65. The fraction of sp³-hybridized carbons (Fsp3) is 0.0870. The molecule has 10 heteroatoms. The number of aromatic amines is 1. The maximum atomic E-state index is 13.0. The van der Waals surface area contributed by atoms with Crippen molar-refractivity contribution in [2.24, 2.45) is 0 Å². The number of carbonyl (C=O) groups excluding carboxylic acids is 4. The fourth-order valence-corrected chi connectivity index (χ4v) is 3.97. The van der Waals surface area contributed by atoms with Crippen LogP contribution in [0.25, 0.3) is 0 Å². The van der Waals surface area contributed by atoms with Gasteiger partial charge in [-0.25, -0.2) is 4.79 Å². The molecule has 0 saturated heterocycles. The summed E-state index contributed by atoms with van der Waals surface area (Å²) in [6.07, 6.45) is 1.21. The number of thioether (sulfide) groups is 1. The van der Waals surface area contributed by atoms with E-state index in [2.05, 4.69) is 26.1 Å². The van der Waals surface area contributed by atoms with E-state index in [-0.39, 0.29) is 34.4 Å². The van der Waals surface area contributed by atoms with E-state index in [0.717, 1.165) is 11.8 Å². The fourth-order valence-electron chi connectivity index (χ4n) is 3.13. The second-order valence-corrected chi connectivity index (χ2v) is 8.08. The summed E-state index contributed by atoms with van der Waals surface area (Å²) in [4.78, 5) is 50.2. The molecule has 166 valence electrons. The van der Waals surface area contributed by atoms with E-state index in [1.807, 2.05) is 24.3 Å². The van der Waals surface area contributed by atoms with Crippen molar-refractivity contribution in [2.75, 3.05) is 22.9 Å². The van der Waals surface area contributed by atoms with Gasteiger partial charge >= 0.3 is 6.03 Å². The van der Waals surface area contributed by atoms with Crippen LogP contribution >= 0.6 is 11.8 Å². The molecule has 1 aromatic heterocycles. The van der Waals surface area contributed by atoms with Crippen LogP contribution in [0, 0.1) is 0 Å². The van der Waals surface area contributed by atoms with Gasteiger partial charge in [0.2, 0.25) is 11.6 Å². The highest BCUT2D eigenvalue weighted by molar-refractivity contribution is 8.04. The van der Waals surface area contributed by atoms with E-state index in [1.54, 1.807) is 36.4 Å². The van der Waals surface area contributed by atoms with Gasteiger partial charge in [-0.05, 0) is 24.3 Å². The Morgan fingerprint density at radius 1 is 0.909 bits per heavy atom. The number of anilines is 2. The van der Waals surface area contributed by atoms with Crippen molar-refractivity contribution in [3.8, 4) is 0 Å². The first-order valence-corrected chi connectivity index (χ1v) is 11.0. The van der Waals surface area contributed by atoms with Crippen LogP contribution in [0.3, 0.4) is 0 Å². The normalized spacial score (nSPS) is 12.5. The van der Waals surface area contributed by atoms with Crippen LogP contribution in [0.4, 0.5) is 16.2 Å². The van der Waals surface area contributed by atoms with Gasteiger partial charge in [-0.3, -0.25) is 19.5 Å². The van der Waals surface area contributed by atoms with Crippen molar-refractivity contribution in [2.45, 2.75) is 0 Å². The minimum atomic E-state index is -0.568. The molecule has 3 aromatic rings. The Hall–Kier alpha value is -4.18. The molecule has 0 aliphatic heterocycles. The Labute approximate surface area is 193 Å². The van der Waals surface area contributed by atoms with Crippen molar-refractivity contribution in [1.82, 2.24) is 15.5 Å². The first-order chi connectivity index (χ1) is 16.0. The number of hydrogen-bond donors (Lipinski definition) is 4. The zero-order valence-electron chi connectivity index (χ0n) is 17.3. The molecule has 0 atom stereocenters. The number of fused-ring (bicyclic) bond motifs is 1. The molecule has 0 bridgehead atoms. The Bertz CT molecular complexity index is 1240. The van der Waals surface area contributed by atoms with Gasteiger partial charge in [-0.15, -0.1) is 11.8 Å². The minimum Gasteiger partial charge on any atom is -0.337 e. The number of Topliss-reactive ketones (excluding diaryl/α,β-unsaturated/α-hetero) is 1. The molecular formula is C23H19N5O4S. The second kappa shape index (κ2) is 9.96. The topological polar surface area (TPSA) is 133 Å². The third-order valence-corrected chi connectivity index (χ3v) is 5.67. The molecule has 1 heterocycles. The largest absolute Gasteiger partial charge is 0.337 e. The highest BCUT2D eigenvalue weighted by Gasteiger charge is 2.33. The molecule has 4 N–H and O–H groups in total. The summed E-state index contributed by atoms with van der Waals surface area (Å²) < 4.78 is 0. The molecule has 9 nitrogen and oxygen atoms in total. The number of carbonyl (C=O) groups is 4. The van der Waals surface area contributed by atoms with Gasteiger partial charge in [-0.2, -0.15) is 5.10 Å². The van der Waals surface area contributed by atoms with E-state index in [4.69, 9.17) is 0 Å². The number of ketones is 2. The summed E-state index contributed by atoms with van der Waals surface area (Å²) >= 11 is 1.12. The van der Waals surface area contributed by atoms with Crippen molar-refractivity contribution in [3.05, 3.63) is 88.6 Å². The van der Waals surface area contributed by atoms with E-state index in [9.17, 15) is 19.2 Å². The average Bonchev–Trinajstić information content (AvgIpc) is 3.27. The van der Waals surface area contributed by atoms with Crippen molar-refractivity contribution < 1.29 is 19.2 Å². The van der Waals surface area contributed by atoms with E-state index in [1.165, 1.54) is 6.08 Å². The molecule has 4 rings (SSSR count). The standard InChI is InChI=1S/C23H19N5O4S/c29-16-13-17(33-12-11-24-23(32)26-15-9-5-2-6-10-15)21(30)18-19(16)27-28-20(18)22(31)25-14-7-3-1-4-8-14/h1-10,13H,11-12H2,(H,25,31)(H,27,28)(H2,24,26,32). The second-order valence-electron chi connectivity index (χ2n) is 6.94. The molecule has 2 aromatic carbocycles. The molecule has 0 radical (unpaired) electrons. The summed E-state index contributed by atoms with van der Waals surface area (Å²) in [5.41, 5.74) is 1.01. The SMILES string of the molecule is O=C(NCCSC1=CC(=O)c2n[nH]c(C(=O)Nc3ccccc3)c2C1=O)Nc1ccccc1. The van der Waals surface area contributed by atoms with Gasteiger partial charge in [0.25, 0.3) is 5.91 Å². The highest BCUT2D eigenvalue weighted by atomic mass is 32.2. The number of amides is 3. The van der Waals surface area contributed by atoms with Gasteiger partial charge in [-0.1, -0.05) is 36.4 Å². The first kappa shape index (κ1) is 22.0. The van der Waals surface area contributed by atoms with Crippen molar-refractivity contribution in [1.29, 1.82) is 0 Å². The highest BCUT2D eigenvalue weighted by Crippen LogP contribution is 2.29. The van der Waals surface area contributed by atoms with Gasteiger partial charge in [0.15, 0.2) is 0 Å². The molecule has 1 aliphatic rings. The molecular weight excluding hydrogens is 442 g/mol. The predicted molar refractivity (Wildman–Crippen MR) is 126 cm³/mol. The third-order valence-electron chi connectivity index (χ3n) is 4.65. The van der Waals surface area contributed by atoms with E-state index in [0.29, 0.717) is 17.1 Å². The zero-order chi connectivity index (χ0) is 23.2. The van der Waals surface area contributed by atoms with Crippen molar-refractivity contribution in [3.63, 3.8) is 0 Å². The molecule has 0 saturated carbocycles. The molecule has 3 amide bonds. The molecule has 1 aliphatic carbocycles. The van der Waals surface area contributed by atoms with Crippen LogP contribution in [0.5, 0.6) is 0 Å². The van der Waals surface area contributed by atoms with Gasteiger partial charge in [0.05, 0.1) is 10.5 Å². The van der Waals surface area contributed by atoms with Crippen LogP contribution < -0.4 is 16.0 Å². The molecule has 33 heavy (non-hydrogen) atoms. The summed E-state index contributed by atoms with van der Waals surface area (Å²) in [6.45, 7) is 0.266.